The Bertz CT molecular complexity index is 392. The van der Waals surface area contributed by atoms with Gasteiger partial charge < -0.3 is 0 Å². The van der Waals surface area contributed by atoms with Crippen molar-refractivity contribution < 1.29 is 0 Å². The van der Waals surface area contributed by atoms with Gasteiger partial charge in [-0.05, 0) is 88.1 Å². The van der Waals surface area contributed by atoms with Crippen LogP contribution in [0.4, 0.5) is 0 Å². The molecule has 6 fully saturated rings. The number of likely N-dealkylation sites (tertiary alicyclic amines) is 2. The van der Waals surface area contributed by atoms with Crippen molar-refractivity contribution in [1.82, 2.24) is 9.80 Å². The van der Waals surface area contributed by atoms with Gasteiger partial charge in [-0.25, -0.2) is 0 Å². The Balaban J connectivity index is 0.000000128. The number of rotatable bonds is 2. The third-order valence-corrected chi connectivity index (χ3v) is 10.7. The molecule has 0 N–H and O–H groups in total. The molecule has 4 aliphatic carbocycles. The van der Waals surface area contributed by atoms with E-state index in [1.165, 1.54) is 90.1 Å². The summed E-state index contributed by atoms with van der Waals surface area (Å²) in [5.74, 6) is 4.35. The van der Waals surface area contributed by atoms with Gasteiger partial charge in [-0.2, -0.15) is 0 Å². The normalized spacial score (nSPS) is 46.2. The molecule has 0 radical (unpaired) electrons. The molecule has 0 spiro atoms. The lowest BCUT2D eigenvalue weighted by atomic mass is 9.73. The molecule has 6 rings (SSSR count). The third kappa shape index (κ3) is 3.91. The highest BCUT2D eigenvalue weighted by Gasteiger charge is 2.49. The van der Waals surface area contributed by atoms with Crippen LogP contribution in [0.15, 0.2) is 0 Å². The molecule has 0 aromatic heterocycles. The van der Waals surface area contributed by atoms with Crippen LogP contribution in [0.3, 0.4) is 0 Å². The second kappa shape index (κ2) is 9.82. The zero-order chi connectivity index (χ0) is 20.5. The molecule has 0 aromatic carbocycles. The summed E-state index contributed by atoms with van der Waals surface area (Å²) >= 11 is 0. The summed E-state index contributed by atoms with van der Waals surface area (Å²) in [4.78, 5) is 5.77. The quantitative estimate of drug-likeness (QED) is 0.486. The maximum atomic E-state index is 2.88. The molecule has 6 aliphatic rings. The molecule has 2 aliphatic heterocycles. The minimum atomic E-state index is 0.983. The average molecular weight is 415 g/mol. The van der Waals surface area contributed by atoms with Crippen LogP contribution in [0.2, 0.25) is 0 Å². The van der Waals surface area contributed by atoms with Crippen LogP contribution >= 0.6 is 0 Å². The van der Waals surface area contributed by atoms with Crippen molar-refractivity contribution in [1.29, 1.82) is 0 Å². The van der Waals surface area contributed by atoms with Gasteiger partial charge in [-0.15, -0.1) is 0 Å². The minimum Gasteiger partial charge on any atom is -0.297 e. The first-order chi connectivity index (χ1) is 14.8. The van der Waals surface area contributed by atoms with Gasteiger partial charge in [0.05, 0.1) is 0 Å². The van der Waals surface area contributed by atoms with Crippen molar-refractivity contribution in [2.45, 2.75) is 141 Å². The van der Waals surface area contributed by atoms with Crippen LogP contribution < -0.4 is 0 Å². The maximum Gasteiger partial charge on any atom is 0.0130 e. The van der Waals surface area contributed by atoms with E-state index in [1.54, 1.807) is 25.7 Å². The topological polar surface area (TPSA) is 6.48 Å². The molecule has 30 heavy (non-hydrogen) atoms. The first-order valence-corrected chi connectivity index (χ1v) is 14.3. The lowest BCUT2D eigenvalue weighted by Gasteiger charge is -2.33. The Labute approximate surface area is 187 Å². The van der Waals surface area contributed by atoms with Gasteiger partial charge in [-0.3, -0.25) is 9.80 Å². The minimum absolute atomic E-state index is 0.983. The van der Waals surface area contributed by atoms with E-state index in [0.717, 1.165) is 47.8 Å². The molecular formula is C28H50N2. The van der Waals surface area contributed by atoms with E-state index < -0.39 is 0 Å². The Morgan fingerprint density at radius 1 is 0.400 bits per heavy atom. The second-order valence-corrected chi connectivity index (χ2v) is 11.7. The fourth-order valence-electron chi connectivity index (χ4n) is 9.63. The van der Waals surface area contributed by atoms with Crippen molar-refractivity contribution in [3.63, 3.8) is 0 Å². The van der Waals surface area contributed by atoms with Crippen molar-refractivity contribution in [2.75, 3.05) is 13.1 Å². The maximum absolute atomic E-state index is 2.88. The van der Waals surface area contributed by atoms with Gasteiger partial charge in [-0.1, -0.05) is 65.2 Å². The highest BCUT2D eigenvalue weighted by Crippen LogP contribution is 2.50. The molecule has 2 heterocycles. The average Bonchev–Trinajstić information content (AvgIpc) is 3.32. The Hall–Kier alpha value is -0.0800. The molecule has 172 valence electrons. The van der Waals surface area contributed by atoms with E-state index in [0.29, 0.717) is 0 Å². The van der Waals surface area contributed by atoms with Gasteiger partial charge in [0, 0.05) is 24.2 Å². The van der Waals surface area contributed by atoms with Gasteiger partial charge >= 0.3 is 0 Å². The molecule has 4 saturated carbocycles. The van der Waals surface area contributed by atoms with Gasteiger partial charge in [0.25, 0.3) is 0 Å². The van der Waals surface area contributed by atoms with Crippen molar-refractivity contribution >= 4 is 0 Å². The van der Waals surface area contributed by atoms with Crippen LogP contribution in [0.5, 0.6) is 0 Å². The molecule has 8 atom stereocenters. The third-order valence-electron chi connectivity index (χ3n) is 10.7. The lowest BCUT2D eigenvalue weighted by Crippen LogP contribution is -2.39. The number of fused-ring (bicyclic) bond motifs is 6. The number of nitrogens with zero attached hydrogens (tertiary/aromatic N) is 2. The van der Waals surface area contributed by atoms with Crippen molar-refractivity contribution in [3.05, 3.63) is 0 Å². The molecule has 2 nitrogen and oxygen atoms in total. The van der Waals surface area contributed by atoms with Crippen LogP contribution in [-0.4, -0.2) is 47.1 Å². The van der Waals surface area contributed by atoms with E-state index in [2.05, 4.69) is 23.6 Å². The van der Waals surface area contributed by atoms with E-state index in [1.807, 2.05) is 0 Å². The van der Waals surface area contributed by atoms with Crippen molar-refractivity contribution in [2.24, 2.45) is 23.7 Å². The van der Waals surface area contributed by atoms with E-state index in [-0.39, 0.29) is 0 Å². The smallest absolute Gasteiger partial charge is 0.0130 e. The molecule has 0 amide bonds. The van der Waals surface area contributed by atoms with Gasteiger partial charge in [0.2, 0.25) is 0 Å². The predicted molar refractivity (Wildman–Crippen MR) is 128 cm³/mol. The number of hydrogen-bond donors (Lipinski definition) is 0. The first kappa shape index (κ1) is 21.7. The van der Waals surface area contributed by atoms with Crippen molar-refractivity contribution in [3.8, 4) is 0 Å². The highest BCUT2D eigenvalue weighted by molar-refractivity contribution is 5.03. The Morgan fingerprint density at radius 3 is 0.867 bits per heavy atom. The SMILES string of the molecule is CCN1C2CCCCC2C2CCCCC21.CCN1C2CCCCC2C2CCCCC21. The molecule has 0 bridgehead atoms. The fraction of sp³-hybridized carbons (Fsp3) is 1.00. The van der Waals surface area contributed by atoms with E-state index >= 15 is 0 Å². The standard InChI is InChI=1S/2C14H25N/c2*1-2-15-13-9-5-3-7-11(13)12-8-4-6-10-14(12)15/h2*11-14H,2-10H2,1H3. The Morgan fingerprint density at radius 2 is 0.633 bits per heavy atom. The van der Waals surface area contributed by atoms with Crippen LogP contribution in [0.25, 0.3) is 0 Å². The van der Waals surface area contributed by atoms with Gasteiger partial charge in [0.15, 0.2) is 0 Å². The summed E-state index contributed by atoms with van der Waals surface area (Å²) in [6.45, 7) is 7.37. The lowest BCUT2D eigenvalue weighted by molar-refractivity contribution is 0.147. The highest BCUT2D eigenvalue weighted by atomic mass is 15.2. The largest absolute Gasteiger partial charge is 0.297 e. The monoisotopic (exact) mass is 414 g/mol. The van der Waals surface area contributed by atoms with Gasteiger partial charge in [0.1, 0.15) is 0 Å². The van der Waals surface area contributed by atoms with E-state index in [4.69, 9.17) is 0 Å². The second-order valence-electron chi connectivity index (χ2n) is 11.7. The number of hydrogen-bond acceptors (Lipinski definition) is 2. The molecule has 0 aromatic rings. The molecular weight excluding hydrogens is 364 g/mol. The summed E-state index contributed by atoms with van der Waals surface area (Å²) in [7, 11) is 0. The summed E-state index contributed by atoms with van der Waals surface area (Å²) in [5, 5.41) is 0. The van der Waals surface area contributed by atoms with Crippen LogP contribution in [-0.2, 0) is 0 Å². The Kier molecular flexibility index (Phi) is 7.12. The molecule has 2 saturated heterocycles. The predicted octanol–water partition coefficient (Wildman–Crippen LogP) is 6.88. The fourth-order valence-corrected chi connectivity index (χ4v) is 9.63. The summed E-state index contributed by atoms with van der Waals surface area (Å²) in [6, 6.07) is 3.93. The first-order valence-electron chi connectivity index (χ1n) is 14.3. The summed E-state index contributed by atoms with van der Waals surface area (Å²) < 4.78 is 0. The zero-order valence-electron chi connectivity index (χ0n) is 20.2. The van der Waals surface area contributed by atoms with Crippen LogP contribution in [0, 0.1) is 23.7 Å². The van der Waals surface area contributed by atoms with E-state index in [9.17, 15) is 0 Å². The summed E-state index contributed by atoms with van der Waals surface area (Å²) in [6.07, 6.45) is 24.2. The summed E-state index contributed by atoms with van der Waals surface area (Å²) in [5.41, 5.74) is 0. The van der Waals surface area contributed by atoms with Crippen LogP contribution in [0.1, 0.15) is 117 Å². The molecule has 8 unspecified atom stereocenters. The molecule has 2 heteroatoms. The zero-order valence-corrected chi connectivity index (χ0v) is 20.2.